The third-order valence-electron chi connectivity index (χ3n) is 2.53. The molecule has 0 amide bonds. The first-order chi connectivity index (χ1) is 6.74. The zero-order valence-corrected chi connectivity index (χ0v) is 8.53. The fourth-order valence-electron chi connectivity index (χ4n) is 1.86. The Morgan fingerprint density at radius 3 is 2.57 bits per heavy atom. The van der Waals surface area contributed by atoms with Crippen LogP contribution in [0.3, 0.4) is 0 Å². The smallest absolute Gasteiger partial charge is 0.325 e. The first kappa shape index (κ1) is 11.0. The number of carbonyl (C=O) groups is 1. The van der Waals surface area contributed by atoms with E-state index in [9.17, 15) is 4.79 Å². The molecule has 0 aromatic rings. The predicted octanol–water partition coefficient (Wildman–Crippen LogP) is 1.70. The molecular formula is C10H17NO3. The number of aliphatic carboxylic acids is 1. The SMILES string of the molecule is COC(=NCC(=O)O)C1CCCCC1. The molecule has 0 radical (unpaired) electrons. The minimum Gasteiger partial charge on any atom is -0.484 e. The monoisotopic (exact) mass is 199 g/mol. The van der Waals surface area contributed by atoms with Crippen molar-refractivity contribution >= 4 is 11.9 Å². The second kappa shape index (κ2) is 5.62. The summed E-state index contributed by atoms with van der Waals surface area (Å²) in [5, 5.41) is 8.49. The van der Waals surface area contributed by atoms with Crippen LogP contribution in [0.4, 0.5) is 0 Å². The van der Waals surface area contributed by atoms with Crippen LogP contribution >= 0.6 is 0 Å². The number of rotatable bonds is 3. The van der Waals surface area contributed by atoms with Gasteiger partial charge in [0, 0.05) is 5.92 Å². The molecule has 80 valence electrons. The van der Waals surface area contributed by atoms with Crippen LogP contribution in [0.25, 0.3) is 0 Å². The molecule has 0 aliphatic heterocycles. The molecule has 0 aromatic heterocycles. The molecule has 1 saturated carbocycles. The first-order valence-corrected chi connectivity index (χ1v) is 5.04. The molecule has 4 nitrogen and oxygen atoms in total. The highest BCUT2D eigenvalue weighted by atomic mass is 16.5. The van der Waals surface area contributed by atoms with Gasteiger partial charge in [0.15, 0.2) is 5.90 Å². The van der Waals surface area contributed by atoms with Crippen LogP contribution in [0.15, 0.2) is 4.99 Å². The summed E-state index contributed by atoms with van der Waals surface area (Å²) in [5.74, 6) is 0.0514. The van der Waals surface area contributed by atoms with Crippen molar-refractivity contribution in [3.63, 3.8) is 0 Å². The Morgan fingerprint density at radius 1 is 1.43 bits per heavy atom. The van der Waals surface area contributed by atoms with Gasteiger partial charge in [0.25, 0.3) is 0 Å². The minimum absolute atomic E-state index is 0.181. The van der Waals surface area contributed by atoms with Crippen molar-refractivity contribution < 1.29 is 14.6 Å². The van der Waals surface area contributed by atoms with E-state index in [1.54, 1.807) is 7.11 Å². The average molecular weight is 199 g/mol. The standard InChI is InChI=1S/C10H17NO3/c1-14-10(11-7-9(12)13)8-5-3-2-4-6-8/h8H,2-7H2,1H3,(H,12,13). The normalized spacial score (nSPS) is 19.4. The fraction of sp³-hybridized carbons (Fsp3) is 0.800. The summed E-state index contributed by atoms with van der Waals surface area (Å²) in [4.78, 5) is 14.3. The van der Waals surface area contributed by atoms with Crippen molar-refractivity contribution in [2.45, 2.75) is 32.1 Å². The van der Waals surface area contributed by atoms with Crippen LogP contribution in [0.5, 0.6) is 0 Å². The number of hydrogen-bond donors (Lipinski definition) is 1. The van der Waals surface area contributed by atoms with Crippen molar-refractivity contribution in [1.29, 1.82) is 0 Å². The predicted molar refractivity (Wildman–Crippen MR) is 53.5 cm³/mol. The molecule has 0 heterocycles. The number of aliphatic imine (C=N–C) groups is 1. The third kappa shape index (κ3) is 3.36. The molecule has 0 atom stereocenters. The lowest BCUT2D eigenvalue weighted by Gasteiger charge is -2.21. The lowest BCUT2D eigenvalue weighted by atomic mass is 9.89. The van der Waals surface area contributed by atoms with E-state index in [1.165, 1.54) is 19.3 Å². The lowest BCUT2D eigenvalue weighted by molar-refractivity contribution is -0.135. The lowest BCUT2D eigenvalue weighted by Crippen LogP contribution is -2.20. The topological polar surface area (TPSA) is 58.9 Å². The molecule has 1 rings (SSSR count). The molecule has 0 bridgehead atoms. The fourth-order valence-corrected chi connectivity index (χ4v) is 1.86. The summed E-state index contributed by atoms with van der Waals surface area (Å²) in [6.07, 6.45) is 5.81. The van der Waals surface area contributed by atoms with E-state index in [4.69, 9.17) is 9.84 Å². The number of carboxylic acids is 1. The van der Waals surface area contributed by atoms with E-state index >= 15 is 0 Å². The van der Waals surface area contributed by atoms with Gasteiger partial charge in [-0.1, -0.05) is 19.3 Å². The first-order valence-electron chi connectivity index (χ1n) is 5.04. The summed E-state index contributed by atoms with van der Waals surface area (Å²) in [6.45, 7) is -0.181. The molecule has 1 aliphatic carbocycles. The molecule has 0 spiro atoms. The Bertz CT molecular complexity index is 219. The van der Waals surface area contributed by atoms with E-state index in [-0.39, 0.29) is 6.54 Å². The van der Waals surface area contributed by atoms with Crippen LogP contribution in [-0.2, 0) is 9.53 Å². The summed E-state index contributed by atoms with van der Waals surface area (Å²) >= 11 is 0. The number of ether oxygens (including phenoxy) is 1. The highest BCUT2D eigenvalue weighted by Gasteiger charge is 2.19. The number of nitrogens with zero attached hydrogens (tertiary/aromatic N) is 1. The molecule has 1 fully saturated rings. The number of carboxylic acid groups (broad SMARTS) is 1. The molecular weight excluding hydrogens is 182 g/mol. The van der Waals surface area contributed by atoms with Gasteiger partial charge in [0.1, 0.15) is 6.54 Å². The van der Waals surface area contributed by atoms with Gasteiger partial charge < -0.3 is 9.84 Å². The second-order valence-electron chi connectivity index (χ2n) is 3.59. The average Bonchev–Trinajstić information content (AvgIpc) is 2.20. The highest BCUT2D eigenvalue weighted by Crippen LogP contribution is 2.25. The van der Waals surface area contributed by atoms with Gasteiger partial charge in [0.05, 0.1) is 7.11 Å². The van der Waals surface area contributed by atoms with E-state index in [2.05, 4.69) is 4.99 Å². The summed E-state index contributed by atoms with van der Waals surface area (Å²) in [5.41, 5.74) is 0. The van der Waals surface area contributed by atoms with Crippen LogP contribution < -0.4 is 0 Å². The highest BCUT2D eigenvalue weighted by molar-refractivity contribution is 5.81. The number of hydrogen-bond acceptors (Lipinski definition) is 3. The Labute approximate surface area is 84.0 Å². The zero-order valence-electron chi connectivity index (χ0n) is 8.53. The van der Waals surface area contributed by atoms with Gasteiger partial charge in [-0.3, -0.25) is 4.79 Å². The van der Waals surface area contributed by atoms with Gasteiger partial charge in [0.2, 0.25) is 0 Å². The Morgan fingerprint density at radius 2 is 2.07 bits per heavy atom. The van der Waals surface area contributed by atoms with Crippen LogP contribution in [0.1, 0.15) is 32.1 Å². The summed E-state index contributed by atoms with van der Waals surface area (Å²) in [7, 11) is 1.56. The second-order valence-corrected chi connectivity index (χ2v) is 3.59. The quantitative estimate of drug-likeness (QED) is 0.556. The van der Waals surface area contributed by atoms with Crippen molar-refractivity contribution in [2.24, 2.45) is 10.9 Å². The van der Waals surface area contributed by atoms with Gasteiger partial charge in [-0.05, 0) is 12.8 Å². The molecule has 0 saturated heterocycles. The minimum atomic E-state index is -0.907. The Kier molecular flexibility index (Phi) is 4.43. The summed E-state index contributed by atoms with van der Waals surface area (Å²) < 4.78 is 5.13. The van der Waals surface area contributed by atoms with E-state index in [0.29, 0.717) is 11.8 Å². The van der Waals surface area contributed by atoms with Crippen LogP contribution in [0.2, 0.25) is 0 Å². The number of methoxy groups -OCH3 is 1. The molecule has 0 aromatic carbocycles. The van der Waals surface area contributed by atoms with E-state index in [0.717, 1.165) is 12.8 Å². The van der Waals surface area contributed by atoms with Gasteiger partial charge in [-0.2, -0.15) is 0 Å². The largest absolute Gasteiger partial charge is 0.484 e. The summed E-state index contributed by atoms with van der Waals surface area (Å²) in [6, 6.07) is 0. The maximum Gasteiger partial charge on any atom is 0.325 e. The molecule has 1 aliphatic rings. The molecule has 0 unspecified atom stereocenters. The van der Waals surface area contributed by atoms with Crippen molar-refractivity contribution in [1.82, 2.24) is 0 Å². The van der Waals surface area contributed by atoms with E-state index < -0.39 is 5.97 Å². The molecule has 4 heteroatoms. The van der Waals surface area contributed by atoms with Gasteiger partial charge in [-0.15, -0.1) is 0 Å². The maximum absolute atomic E-state index is 10.3. The van der Waals surface area contributed by atoms with Gasteiger partial charge in [-0.25, -0.2) is 4.99 Å². The van der Waals surface area contributed by atoms with Crippen molar-refractivity contribution in [2.75, 3.05) is 13.7 Å². The molecule has 14 heavy (non-hydrogen) atoms. The molecule has 1 N–H and O–H groups in total. The van der Waals surface area contributed by atoms with E-state index in [1.807, 2.05) is 0 Å². The van der Waals surface area contributed by atoms with Crippen LogP contribution in [0, 0.1) is 5.92 Å². The van der Waals surface area contributed by atoms with Crippen molar-refractivity contribution in [3.8, 4) is 0 Å². The Hall–Kier alpha value is -1.06. The Balaban J connectivity index is 2.50. The third-order valence-corrected chi connectivity index (χ3v) is 2.53. The van der Waals surface area contributed by atoms with Crippen LogP contribution in [-0.4, -0.2) is 30.6 Å². The zero-order chi connectivity index (χ0) is 10.4. The van der Waals surface area contributed by atoms with Crippen molar-refractivity contribution in [3.05, 3.63) is 0 Å². The maximum atomic E-state index is 10.3. The van der Waals surface area contributed by atoms with Gasteiger partial charge >= 0.3 is 5.97 Å².